The minimum absolute atomic E-state index is 0.0408. The minimum Gasteiger partial charge on any atom is -0.356 e. The standard InChI is InChI=1S/C24H31N5O2/c1-27-15-20(4-5-23(27)30)24(31)29-12-8-18(9-13-29)17-6-10-28(11-7-17)22-14-21(19-2-3-19)25-16-26-22/h4-5,14-19H,2-3,6-13H2,1H3. The van der Waals surface area contributed by atoms with Gasteiger partial charge in [0, 0.05) is 63.2 Å². The van der Waals surface area contributed by atoms with Gasteiger partial charge in [0.2, 0.25) is 5.56 Å². The summed E-state index contributed by atoms with van der Waals surface area (Å²) in [5.41, 5.74) is 1.72. The van der Waals surface area contributed by atoms with E-state index in [1.807, 2.05) is 4.90 Å². The van der Waals surface area contributed by atoms with Crippen molar-refractivity contribution in [3.63, 3.8) is 0 Å². The van der Waals surface area contributed by atoms with Crippen molar-refractivity contribution in [2.24, 2.45) is 18.9 Å². The summed E-state index contributed by atoms with van der Waals surface area (Å²) < 4.78 is 1.47. The zero-order chi connectivity index (χ0) is 21.4. The van der Waals surface area contributed by atoms with Gasteiger partial charge in [0.15, 0.2) is 0 Å². The van der Waals surface area contributed by atoms with Gasteiger partial charge < -0.3 is 14.4 Å². The summed E-state index contributed by atoms with van der Waals surface area (Å²) in [5.74, 6) is 3.22. The monoisotopic (exact) mass is 421 g/mol. The van der Waals surface area contributed by atoms with Gasteiger partial charge in [-0.2, -0.15) is 0 Å². The van der Waals surface area contributed by atoms with E-state index in [9.17, 15) is 9.59 Å². The number of nitrogens with zero attached hydrogens (tertiary/aromatic N) is 5. The number of aromatic nitrogens is 3. The summed E-state index contributed by atoms with van der Waals surface area (Å²) in [7, 11) is 1.69. The number of pyridine rings is 1. The van der Waals surface area contributed by atoms with Gasteiger partial charge in [0.25, 0.3) is 5.91 Å². The Morgan fingerprint density at radius 2 is 1.61 bits per heavy atom. The molecule has 0 atom stereocenters. The molecule has 1 aliphatic carbocycles. The number of anilines is 1. The fourth-order valence-corrected chi connectivity index (χ4v) is 5.21. The van der Waals surface area contributed by atoms with Gasteiger partial charge in [-0.15, -0.1) is 0 Å². The Kier molecular flexibility index (Phi) is 5.50. The zero-order valence-electron chi connectivity index (χ0n) is 18.2. The molecule has 2 saturated heterocycles. The van der Waals surface area contributed by atoms with Gasteiger partial charge in [-0.3, -0.25) is 9.59 Å². The smallest absolute Gasteiger partial charge is 0.255 e. The number of rotatable bonds is 4. The number of hydrogen-bond acceptors (Lipinski definition) is 5. The van der Waals surface area contributed by atoms with Crippen molar-refractivity contribution < 1.29 is 4.79 Å². The maximum atomic E-state index is 12.8. The van der Waals surface area contributed by atoms with Crippen LogP contribution in [0, 0.1) is 11.8 Å². The summed E-state index contributed by atoms with van der Waals surface area (Å²) in [6, 6.07) is 5.31. The summed E-state index contributed by atoms with van der Waals surface area (Å²) >= 11 is 0. The van der Waals surface area contributed by atoms with Crippen molar-refractivity contribution in [2.45, 2.75) is 44.4 Å². The summed E-state index contributed by atoms with van der Waals surface area (Å²) in [4.78, 5) is 37.7. The van der Waals surface area contributed by atoms with Gasteiger partial charge in [-0.25, -0.2) is 9.97 Å². The third kappa shape index (κ3) is 4.36. The first-order chi connectivity index (χ1) is 15.1. The number of carbonyl (C=O) groups excluding carboxylic acids is 1. The molecule has 1 saturated carbocycles. The van der Waals surface area contributed by atoms with Gasteiger partial charge >= 0.3 is 0 Å². The van der Waals surface area contributed by atoms with Crippen LogP contribution in [-0.4, -0.2) is 51.5 Å². The summed E-state index contributed by atoms with van der Waals surface area (Å²) in [6.07, 6.45) is 10.4. The average molecular weight is 422 g/mol. The molecule has 31 heavy (non-hydrogen) atoms. The number of carbonyl (C=O) groups is 1. The molecule has 7 nitrogen and oxygen atoms in total. The van der Waals surface area contributed by atoms with Crippen molar-refractivity contribution in [1.82, 2.24) is 19.4 Å². The van der Waals surface area contributed by atoms with Crippen LogP contribution in [0.4, 0.5) is 5.82 Å². The second-order valence-corrected chi connectivity index (χ2v) is 9.40. The first-order valence-corrected chi connectivity index (χ1v) is 11.6. The number of piperidine rings is 2. The van der Waals surface area contributed by atoms with E-state index in [0.29, 0.717) is 17.4 Å². The van der Waals surface area contributed by atoms with Crippen molar-refractivity contribution >= 4 is 11.7 Å². The van der Waals surface area contributed by atoms with E-state index in [1.54, 1.807) is 25.6 Å². The normalized spacial score (nSPS) is 20.8. The highest BCUT2D eigenvalue weighted by Crippen LogP contribution is 2.40. The van der Waals surface area contributed by atoms with E-state index in [0.717, 1.165) is 50.8 Å². The van der Waals surface area contributed by atoms with Crippen LogP contribution in [0.5, 0.6) is 0 Å². The van der Waals surface area contributed by atoms with Crippen molar-refractivity contribution in [1.29, 1.82) is 0 Å². The van der Waals surface area contributed by atoms with Gasteiger partial charge in [0.1, 0.15) is 12.1 Å². The first-order valence-electron chi connectivity index (χ1n) is 11.6. The molecule has 0 unspecified atom stereocenters. The van der Waals surface area contributed by atoms with Crippen LogP contribution in [-0.2, 0) is 7.05 Å². The van der Waals surface area contributed by atoms with Crippen LogP contribution < -0.4 is 10.5 Å². The Bertz CT molecular complexity index is 999. The lowest BCUT2D eigenvalue weighted by atomic mass is 9.78. The van der Waals surface area contributed by atoms with E-state index in [-0.39, 0.29) is 11.5 Å². The third-order valence-electron chi connectivity index (χ3n) is 7.36. The second-order valence-electron chi connectivity index (χ2n) is 9.40. The van der Waals surface area contributed by atoms with E-state index in [1.165, 1.54) is 42.0 Å². The number of hydrogen-bond donors (Lipinski definition) is 0. The van der Waals surface area contributed by atoms with Crippen LogP contribution in [0.15, 0.2) is 35.5 Å². The Balaban J connectivity index is 1.13. The molecule has 4 heterocycles. The SMILES string of the molecule is Cn1cc(C(=O)N2CCC(C3CCN(c4cc(C5CC5)ncn4)CC3)CC2)ccc1=O. The number of aryl methyl sites for hydroxylation is 1. The molecule has 1 amide bonds. The maximum Gasteiger partial charge on any atom is 0.255 e. The van der Waals surface area contributed by atoms with E-state index >= 15 is 0 Å². The van der Waals surface area contributed by atoms with Gasteiger partial charge in [0.05, 0.1) is 5.56 Å². The average Bonchev–Trinajstić information content (AvgIpc) is 3.66. The fourth-order valence-electron chi connectivity index (χ4n) is 5.21. The molecule has 164 valence electrons. The Labute approximate surface area is 183 Å². The lowest BCUT2D eigenvalue weighted by Crippen LogP contribution is -2.43. The molecule has 3 fully saturated rings. The van der Waals surface area contributed by atoms with Crippen LogP contribution in [0.25, 0.3) is 0 Å². The second kappa shape index (κ2) is 8.44. The lowest BCUT2D eigenvalue weighted by Gasteiger charge is -2.40. The van der Waals surface area contributed by atoms with Crippen molar-refractivity contribution in [3.8, 4) is 0 Å². The largest absolute Gasteiger partial charge is 0.356 e. The van der Waals surface area contributed by atoms with E-state index in [4.69, 9.17) is 0 Å². The molecule has 3 aliphatic rings. The minimum atomic E-state index is -0.0904. The predicted octanol–water partition coefficient (Wildman–Crippen LogP) is 2.82. The highest BCUT2D eigenvalue weighted by atomic mass is 16.2. The Hall–Kier alpha value is -2.70. The Morgan fingerprint density at radius 3 is 2.26 bits per heavy atom. The Morgan fingerprint density at radius 1 is 0.935 bits per heavy atom. The van der Waals surface area contributed by atoms with Crippen LogP contribution in [0.1, 0.15) is 60.5 Å². The van der Waals surface area contributed by atoms with E-state index < -0.39 is 0 Å². The molecule has 0 aromatic carbocycles. The highest BCUT2D eigenvalue weighted by molar-refractivity contribution is 5.93. The first kappa shape index (κ1) is 20.2. The van der Waals surface area contributed by atoms with Crippen molar-refractivity contribution in [3.05, 3.63) is 52.3 Å². The molecule has 0 spiro atoms. The molecule has 7 heteroatoms. The van der Waals surface area contributed by atoms with Crippen LogP contribution in [0.2, 0.25) is 0 Å². The quantitative estimate of drug-likeness (QED) is 0.759. The van der Waals surface area contributed by atoms with Crippen LogP contribution in [0.3, 0.4) is 0 Å². The highest BCUT2D eigenvalue weighted by Gasteiger charge is 2.32. The molecule has 2 aromatic heterocycles. The molecular weight excluding hydrogens is 390 g/mol. The summed E-state index contributed by atoms with van der Waals surface area (Å²) in [6.45, 7) is 3.73. The maximum absolute atomic E-state index is 12.8. The fraction of sp³-hybridized carbons (Fsp3) is 0.583. The third-order valence-corrected chi connectivity index (χ3v) is 7.36. The van der Waals surface area contributed by atoms with Gasteiger partial charge in [-0.1, -0.05) is 0 Å². The topological polar surface area (TPSA) is 71.3 Å². The zero-order valence-corrected chi connectivity index (χ0v) is 18.2. The molecule has 5 rings (SSSR count). The predicted molar refractivity (Wildman–Crippen MR) is 119 cm³/mol. The molecular formula is C24H31N5O2. The van der Waals surface area contributed by atoms with Crippen molar-refractivity contribution in [2.75, 3.05) is 31.1 Å². The summed E-state index contributed by atoms with van der Waals surface area (Å²) in [5, 5.41) is 0. The lowest BCUT2D eigenvalue weighted by molar-refractivity contribution is 0.0644. The molecule has 2 aliphatic heterocycles. The van der Waals surface area contributed by atoms with Crippen LogP contribution >= 0.6 is 0 Å². The molecule has 2 aromatic rings. The molecule has 0 N–H and O–H groups in total. The number of likely N-dealkylation sites (tertiary alicyclic amines) is 1. The van der Waals surface area contributed by atoms with E-state index in [2.05, 4.69) is 20.9 Å². The molecule has 0 radical (unpaired) electrons. The molecule has 0 bridgehead atoms. The van der Waals surface area contributed by atoms with Gasteiger partial charge in [-0.05, 0) is 56.4 Å². The number of amides is 1.